The Balaban J connectivity index is 1.40. The maximum absolute atomic E-state index is 12.7. The Morgan fingerprint density at radius 3 is 3.04 bits per heavy atom. The third-order valence-corrected chi connectivity index (χ3v) is 6.58. The van der Waals surface area contributed by atoms with Gasteiger partial charge in [0.25, 0.3) is 0 Å². The van der Waals surface area contributed by atoms with E-state index in [0.29, 0.717) is 19.5 Å². The maximum Gasteiger partial charge on any atom is 0.224 e. The highest BCUT2D eigenvalue weighted by atomic mass is 79.9. The van der Waals surface area contributed by atoms with Crippen molar-refractivity contribution in [3.8, 4) is 0 Å². The van der Waals surface area contributed by atoms with Crippen LogP contribution in [0, 0.1) is 5.92 Å². The second-order valence-electron chi connectivity index (χ2n) is 7.60. The van der Waals surface area contributed by atoms with Gasteiger partial charge in [0.2, 0.25) is 5.91 Å². The number of piperidine rings is 1. The van der Waals surface area contributed by atoms with Crippen LogP contribution >= 0.6 is 15.9 Å². The van der Waals surface area contributed by atoms with Gasteiger partial charge in [-0.05, 0) is 42.8 Å². The lowest BCUT2D eigenvalue weighted by atomic mass is 9.71. The zero-order valence-electron chi connectivity index (χ0n) is 14.5. The molecule has 2 fully saturated rings. The van der Waals surface area contributed by atoms with Gasteiger partial charge in [-0.1, -0.05) is 34.8 Å². The van der Waals surface area contributed by atoms with Crippen LogP contribution in [-0.4, -0.2) is 39.2 Å². The molecule has 0 radical (unpaired) electrons. The van der Waals surface area contributed by atoms with Gasteiger partial charge in [0.05, 0.1) is 5.60 Å². The van der Waals surface area contributed by atoms with Crippen LogP contribution in [0.4, 0.5) is 0 Å². The molecule has 0 bridgehead atoms. The number of halogens is 1. The molecule has 2 aliphatic rings. The third-order valence-electron chi connectivity index (χ3n) is 6.08. The first-order valence-corrected chi connectivity index (χ1v) is 10.1. The van der Waals surface area contributed by atoms with Crippen molar-refractivity contribution in [2.75, 3.05) is 13.1 Å². The Hall–Kier alpha value is -1.33. The van der Waals surface area contributed by atoms with Gasteiger partial charge >= 0.3 is 0 Å². The molecule has 1 aromatic carbocycles. The predicted octanol–water partition coefficient (Wildman–Crippen LogP) is 3.95. The molecule has 1 N–H and O–H groups in total. The molecule has 1 aromatic heterocycles. The normalized spacial score (nSPS) is 26.6. The topological polar surface area (TPSA) is 45.5 Å². The van der Waals surface area contributed by atoms with E-state index in [-0.39, 0.29) is 11.8 Å². The third kappa shape index (κ3) is 3.36. The van der Waals surface area contributed by atoms with Gasteiger partial charge in [-0.2, -0.15) is 0 Å². The molecule has 2 aromatic rings. The van der Waals surface area contributed by atoms with Crippen molar-refractivity contribution >= 4 is 32.7 Å². The fourth-order valence-corrected chi connectivity index (χ4v) is 4.87. The Morgan fingerprint density at radius 2 is 2.16 bits per heavy atom. The molecule has 4 rings (SSSR count). The number of benzene rings is 1. The molecule has 134 valence electrons. The van der Waals surface area contributed by atoms with Gasteiger partial charge in [-0.3, -0.25) is 4.79 Å². The number of fused-ring (bicyclic) bond motifs is 2. The first-order chi connectivity index (χ1) is 12.0. The summed E-state index contributed by atoms with van der Waals surface area (Å²) in [5.74, 6) is 0.479. The fourth-order valence-electron chi connectivity index (χ4n) is 4.52. The maximum atomic E-state index is 12.7. The predicted molar refractivity (Wildman–Crippen MR) is 102 cm³/mol. The Kier molecular flexibility index (Phi) is 4.63. The number of carbonyl (C=O) groups is 1. The van der Waals surface area contributed by atoms with Crippen molar-refractivity contribution < 1.29 is 9.90 Å². The fraction of sp³-hybridized carbons (Fsp3) is 0.550. The van der Waals surface area contributed by atoms with E-state index >= 15 is 0 Å². The summed E-state index contributed by atoms with van der Waals surface area (Å²) in [4.78, 5) is 14.7. The highest BCUT2D eigenvalue weighted by Gasteiger charge is 2.43. The van der Waals surface area contributed by atoms with Crippen molar-refractivity contribution in [2.24, 2.45) is 5.92 Å². The molecule has 5 heteroatoms. The molecular formula is C20H25BrN2O2. The van der Waals surface area contributed by atoms with Gasteiger partial charge in [0, 0.05) is 48.2 Å². The van der Waals surface area contributed by atoms with Crippen LogP contribution in [0.3, 0.4) is 0 Å². The van der Waals surface area contributed by atoms with Gasteiger partial charge in [-0.15, -0.1) is 0 Å². The van der Waals surface area contributed by atoms with Crippen LogP contribution in [0.1, 0.15) is 38.5 Å². The van der Waals surface area contributed by atoms with Crippen molar-refractivity contribution in [1.82, 2.24) is 9.47 Å². The minimum atomic E-state index is -0.516. The minimum absolute atomic E-state index is 0.212. The molecule has 4 nitrogen and oxygen atoms in total. The summed E-state index contributed by atoms with van der Waals surface area (Å²) in [7, 11) is 0. The van der Waals surface area contributed by atoms with Crippen LogP contribution in [0.15, 0.2) is 34.9 Å². The van der Waals surface area contributed by atoms with Crippen molar-refractivity contribution in [3.63, 3.8) is 0 Å². The van der Waals surface area contributed by atoms with E-state index in [2.05, 4.69) is 44.9 Å². The first kappa shape index (κ1) is 17.1. The zero-order chi connectivity index (χ0) is 17.4. The summed E-state index contributed by atoms with van der Waals surface area (Å²) in [6, 6.07) is 8.32. The average Bonchev–Trinajstić information content (AvgIpc) is 3.01. The van der Waals surface area contributed by atoms with Gasteiger partial charge in [-0.25, -0.2) is 0 Å². The highest BCUT2D eigenvalue weighted by Crippen LogP contribution is 2.39. The van der Waals surface area contributed by atoms with Crippen molar-refractivity contribution in [2.45, 2.75) is 50.7 Å². The molecule has 1 aliphatic carbocycles. The average molecular weight is 405 g/mol. The smallest absolute Gasteiger partial charge is 0.224 e. The van der Waals surface area contributed by atoms with Crippen LogP contribution in [0.2, 0.25) is 0 Å². The van der Waals surface area contributed by atoms with Gasteiger partial charge < -0.3 is 14.6 Å². The second-order valence-corrected chi connectivity index (χ2v) is 8.51. The van der Waals surface area contributed by atoms with Crippen molar-refractivity contribution in [1.29, 1.82) is 0 Å². The summed E-state index contributed by atoms with van der Waals surface area (Å²) in [5, 5.41) is 12.0. The number of amides is 1. The Bertz CT molecular complexity index is 787. The van der Waals surface area contributed by atoms with E-state index in [9.17, 15) is 9.90 Å². The van der Waals surface area contributed by atoms with E-state index < -0.39 is 5.60 Å². The van der Waals surface area contributed by atoms with E-state index in [1.165, 1.54) is 11.8 Å². The highest BCUT2D eigenvalue weighted by molar-refractivity contribution is 9.10. The molecule has 1 saturated heterocycles. The Labute approximate surface area is 156 Å². The molecule has 0 spiro atoms. The van der Waals surface area contributed by atoms with Gasteiger partial charge in [0.1, 0.15) is 0 Å². The summed E-state index contributed by atoms with van der Waals surface area (Å²) in [5.41, 5.74) is 0.639. The lowest BCUT2D eigenvalue weighted by Gasteiger charge is -2.47. The summed E-state index contributed by atoms with van der Waals surface area (Å²) in [6.07, 6.45) is 7.57. The largest absolute Gasteiger partial charge is 0.389 e. The molecule has 1 amide bonds. The van der Waals surface area contributed by atoms with Crippen LogP contribution in [-0.2, 0) is 11.3 Å². The van der Waals surface area contributed by atoms with Crippen LogP contribution < -0.4 is 0 Å². The monoisotopic (exact) mass is 404 g/mol. The molecular weight excluding hydrogens is 380 g/mol. The number of hydrogen-bond donors (Lipinski definition) is 1. The number of carbonyl (C=O) groups excluding carboxylic acids is 1. The standard InChI is InChI=1S/C20H25BrN2O2/c21-17-5-4-15-6-10-22(18(15)13-17)11-7-19(24)23-12-9-20(25)8-2-1-3-16(20)14-23/h4-6,10,13,16,25H,1-3,7-9,11-12,14H2/t16-,20+/m0/s1. The van der Waals surface area contributed by atoms with Gasteiger partial charge in [0.15, 0.2) is 0 Å². The van der Waals surface area contributed by atoms with E-state index in [1.54, 1.807) is 0 Å². The molecule has 2 atom stereocenters. The van der Waals surface area contributed by atoms with Crippen molar-refractivity contribution in [3.05, 3.63) is 34.9 Å². The number of hydrogen-bond acceptors (Lipinski definition) is 2. The summed E-state index contributed by atoms with van der Waals surface area (Å²) >= 11 is 3.52. The number of likely N-dealkylation sites (tertiary alicyclic amines) is 1. The molecule has 25 heavy (non-hydrogen) atoms. The lowest BCUT2D eigenvalue weighted by molar-refractivity contribution is -0.143. The van der Waals surface area contributed by atoms with E-state index in [1.807, 2.05) is 11.0 Å². The number of rotatable bonds is 3. The first-order valence-electron chi connectivity index (χ1n) is 9.30. The minimum Gasteiger partial charge on any atom is -0.389 e. The number of aromatic nitrogens is 1. The molecule has 1 saturated carbocycles. The zero-order valence-corrected chi connectivity index (χ0v) is 16.0. The lowest BCUT2D eigenvalue weighted by Crippen LogP contribution is -2.54. The summed E-state index contributed by atoms with van der Waals surface area (Å²) in [6.45, 7) is 2.13. The summed E-state index contributed by atoms with van der Waals surface area (Å²) < 4.78 is 3.21. The number of aryl methyl sites for hydroxylation is 1. The quantitative estimate of drug-likeness (QED) is 0.841. The number of nitrogens with zero attached hydrogens (tertiary/aromatic N) is 2. The van der Waals surface area contributed by atoms with E-state index in [0.717, 1.165) is 42.2 Å². The number of aliphatic hydroxyl groups is 1. The second kappa shape index (κ2) is 6.76. The SMILES string of the molecule is O=C(CCn1ccc2ccc(Br)cc21)N1CC[C@]2(O)CCCC[C@H]2C1. The van der Waals surface area contributed by atoms with E-state index in [4.69, 9.17) is 0 Å². The molecule has 2 heterocycles. The van der Waals surface area contributed by atoms with Crippen LogP contribution in [0.25, 0.3) is 10.9 Å². The Morgan fingerprint density at radius 1 is 1.28 bits per heavy atom. The molecule has 1 aliphatic heterocycles. The van der Waals surface area contributed by atoms with Crippen LogP contribution in [0.5, 0.6) is 0 Å². The molecule has 0 unspecified atom stereocenters.